The molecule has 1 aromatic rings. The molecule has 27 heavy (non-hydrogen) atoms. The van der Waals surface area contributed by atoms with Gasteiger partial charge in [-0.25, -0.2) is 9.78 Å². The summed E-state index contributed by atoms with van der Waals surface area (Å²) >= 11 is 0. The van der Waals surface area contributed by atoms with E-state index in [2.05, 4.69) is 4.98 Å². The largest absolute Gasteiger partial charge is 0.443 e. The summed E-state index contributed by atoms with van der Waals surface area (Å²) in [7, 11) is 0. The van der Waals surface area contributed by atoms with E-state index in [4.69, 9.17) is 4.74 Å². The second-order valence-corrected chi connectivity index (χ2v) is 8.58. The quantitative estimate of drug-likeness (QED) is 0.785. The number of likely N-dealkylation sites (tertiary alicyclic amines) is 1. The summed E-state index contributed by atoms with van der Waals surface area (Å²) < 4.78 is 5.69. The van der Waals surface area contributed by atoms with Gasteiger partial charge >= 0.3 is 6.09 Å². The summed E-state index contributed by atoms with van der Waals surface area (Å²) in [5, 5.41) is 0. The molecule has 2 fully saturated rings. The minimum atomic E-state index is -0.565. The fourth-order valence-corrected chi connectivity index (χ4v) is 3.87. The zero-order chi connectivity index (χ0) is 19.6. The highest BCUT2D eigenvalue weighted by atomic mass is 16.6. The van der Waals surface area contributed by atoms with Gasteiger partial charge in [0.15, 0.2) is 0 Å². The van der Waals surface area contributed by atoms with Crippen LogP contribution in [0.3, 0.4) is 0 Å². The average molecular weight is 373 g/mol. The van der Waals surface area contributed by atoms with Crippen molar-refractivity contribution in [2.75, 3.05) is 11.4 Å². The fraction of sp³-hybridized carbons (Fsp3) is 0.667. The van der Waals surface area contributed by atoms with Gasteiger partial charge in [-0.1, -0.05) is 6.07 Å². The van der Waals surface area contributed by atoms with Crippen LogP contribution in [0.1, 0.15) is 77.8 Å². The molecule has 2 amide bonds. The molecule has 2 aliphatic rings. The Morgan fingerprint density at radius 2 is 1.93 bits per heavy atom. The Morgan fingerprint density at radius 3 is 2.52 bits per heavy atom. The van der Waals surface area contributed by atoms with Gasteiger partial charge in [-0.05, 0) is 65.4 Å². The molecule has 2 heterocycles. The summed E-state index contributed by atoms with van der Waals surface area (Å²) in [6.45, 7) is 8.00. The molecule has 0 aromatic carbocycles. The first kappa shape index (κ1) is 19.6. The zero-order valence-electron chi connectivity index (χ0n) is 16.9. The van der Waals surface area contributed by atoms with E-state index >= 15 is 0 Å². The molecule has 0 bridgehead atoms. The standard InChI is InChI=1S/C21H31N3O3/c1-15(25)23-14-6-5-12-18(23)17-11-8-13-22-19(17)24(16-9-7-10-16)20(26)27-21(2,3)4/h8,11,13,16,18H,5-7,9-10,12,14H2,1-4H3. The van der Waals surface area contributed by atoms with Gasteiger partial charge in [-0.3, -0.25) is 9.69 Å². The smallest absolute Gasteiger partial charge is 0.416 e. The van der Waals surface area contributed by atoms with Crippen LogP contribution < -0.4 is 4.90 Å². The number of amides is 2. The molecular weight excluding hydrogens is 342 g/mol. The van der Waals surface area contributed by atoms with E-state index in [9.17, 15) is 9.59 Å². The van der Waals surface area contributed by atoms with E-state index in [1.54, 1.807) is 18.0 Å². The maximum Gasteiger partial charge on any atom is 0.416 e. The number of ether oxygens (including phenoxy) is 1. The zero-order valence-corrected chi connectivity index (χ0v) is 16.9. The number of nitrogens with zero attached hydrogens (tertiary/aromatic N) is 3. The van der Waals surface area contributed by atoms with Gasteiger partial charge in [-0.2, -0.15) is 0 Å². The Labute approximate surface area is 161 Å². The van der Waals surface area contributed by atoms with Crippen molar-refractivity contribution >= 4 is 17.8 Å². The molecule has 0 N–H and O–H groups in total. The lowest BCUT2D eigenvalue weighted by molar-refractivity contribution is -0.132. The molecule has 0 spiro atoms. The van der Waals surface area contributed by atoms with E-state index in [1.807, 2.05) is 37.8 Å². The molecule has 1 aliphatic heterocycles. The van der Waals surface area contributed by atoms with E-state index < -0.39 is 5.60 Å². The Kier molecular flexibility index (Phi) is 5.72. The maximum absolute atomic E-state index is 13.0. The lowest BCUT2D eigenvalue weighted by atomic mass is 9.90. The number of hydrogen-bond acceptors (Lipinski definition) is 4. The molecule has 1 aromatic heterocycles. The van der Waals surface area contributed by atoms with Crippen LogP contribution in [0.15, 0.2) is 18.3 Å². The van der Waals surface area contributed by atoms with Crippen molar-refractivity contribution in [2.45, 2.75) is 83.9 Å². The number of carbonyl (C=O) groups is 2. The van der Waals surface area contributed by atoms with Crippen molar-refractivity contribution in [1.29, 1.82) is 0 Å². The van der Waals surface area contributed by atoms with Crippen LogP contribution >= 0.6 is 0 Å². The van der Waals surface area contributed by atoms with Crippen LogP contribution in [0.4, 0.5) is 10.6 Å². The Bertz CT molecular complexity index is 694. The number of rotatable bonds is 3. The molecule has 1 atom stereocenters. The number of hydrogen-bond donors (Lipinski definition) is 0. The summed E-state index contributed by atoms with van der Waals surface area (Å²) in [5.41, 5.74) is 0.384. The van der Waals surface area contributed by atoms with Crippen molar-refractivity contribution in [3.05, 3.63) is 23.9 Å². The third kappa shape index (κ3) is 4.42. The minimum Gasteiger partial charge on any atom is -0.443 e. The Morgan fingerprint density at radius 1 is 1.19 bits per heavy atom. The first-order valence-electron chi connectivity index (χ1n) is 10.0. The van der Waals surface area contributed by atoms with E-state index in [0.717, 1.165) is 50.6 Å². The average Bonchev–Trinajstić information content (AvgIpc) is 2.56. The summed E-state index contributed by atoms with van der Waals surface area (Å²) in [5.74, 6) is 0.719. The lowest BCUT2D eigenvalue weighted by Gasteiger charge is -2.41. The van der Waals surface area contributed by atoms with Crippen LogP contribution in [0.2, 0.25) is 0 Å². The Hall–Kier alpha value is -2.11. The number of aromatic nitrogens is 1. The first-order valence-corrected chi connectivity index (χ1v) is 10.0. The van der Waals surface area contributed by atoms with Crippen LogP contribution in [0.25, 0.3) is 0 Å². The second kappa shape index (κ2) is 7.87. The molecule has 1 unspecified atom stereocenters. The fourth-order valence-electron chi connectivity index (χ4n) is 3.87. The molecule has 1 saturated heterocycles. The molecule has 1 aliphatic carbocycles. The molecule has 3 rings (SSSR count). The summed E-state index contributed by atoms with van der Waals surface area (Å²) in [6, 6.07) is 3.97. The van der Waals surface area contributed by atoms with Gasteiger partial charge in [0.2, 0.25) is 5.91 Å². The molecule has 148 valence electrons. The lowest BCUT2D eigenvalue weighted by Crippen LogP contribution is -2.48. The third-order valence-electron chi connectivity index (χ3n) is 5.34. The van der Waals surface area contributed by atoms with Gasteiger partial charge in [0.25, 0.3) is 0 Å². The minimum absolute atomic E-state index is 0.0371. The monoisotopic (exact) mass is 373 g/mol. The first-order chi connectivity index (χ1) is 12.8. The van der Waals surface area contributed by atoms with Crippen LogP contribution in [0, 0.1) is 0 Å². The number of piperidine rings is 1. The highest BCUT2D eigenvalue weighted by molar-refractivity contribution is 5.88. The van der Waals surface area contributed by atoms with Crippen LogP contribution in [-0.2, 0) is 9.53 Å². The molecule has 6 nitrogen and oxygen atoms in total. The van der Waals surface area contributed by atoms with Crippen molar-refractivity contribution in [3.63, 3.8) is 0 Å². The molecule has 1 saturated carbocycles. The maximum atomic E-state index is 13.0. The van der Waals surface area contributed by atoms with Gasteiger partial charge in [0.1, 0.15) is 11.4 Å². The predicted molar refractivity (Wildman–Crippen MR) is 105 cm³/mol. The van der Waals surface area contributed by atoms with Gasteiger partial charge in [0.05, 0.1) is 6.04 Å². The highest BCUT2D eigenvalue weighted by Crippen LogP contribution is 2.39. The normalized spacial score (nSPS) is 20.7. The van der Waals surface area contributed by atoms with Crippen molar-refractivity contribution in [1.82, 2.24) is 9.88 Å². The number of anilines is 1. The Balaban J connectivity index is 1.98. The summed E-state index contributed by atoms with van der Waals surface area (Å²) in [4.78, 5) is 33.5. The highest BCUT2D eigenvalue weighted by Gasteiger charge is 2.37. The van der Waals surface area contributed by atoms with E-state index in [1.165, 1.54) is 0 Å². The van der Waals surface area contributed by atoms with Gasteiger partial charge < -0.3 is 9.64 Å². The van der Waals surface area contributed by atoms with Crippen molar-refractivity contribution in [3.8, 4) is 0 Å². The third-order valence-corrected chi connectivity index (χ3v) is 5.34. The molecule has 6 heteroatoms. The topological polar surface area (TPSA) is 62.7 Å². The van der Waals surface area contributed by atoms with E-state index in [0.29, 0.717) is 5.82 Å². The second-order valence-electron chi connectivity index (χ2n) is 8.58. The van der Waals surface area contributed by atoms with Crippen molar-refractivity contribution in [2.24, 2.45) is 0 Å². The van der Waals surface area contributed by atoms with Crippen LogP contribution in [-0.4, -0.2) is 40.1 Å². The van der Waals surface area contributed by atoms with Crippen molar-refractivity contribution < 1.29 is 14.3 Å². The number of carbonyl (C=O) groups excluding carboxylic acids is 2. The molecular formula is C21H31N3O3. The molecule has 0 radical (unpaired) electrons. The summed E-state index contributed by atoms with van der Waals surface area (Å²) in [6.07, 6.45) is 7.36. The van der Waals surface area contributed by atoms with E-state index in [-0.39, 0.29) is 24.1 Å². The SMILES string of the molecule is CC(=O)N1CCCCC1c1cccnc1N(C(=O)OC(C)(C)C)C1CCC1. The van der Waals surface area contributed by atoms with Crippen LogP contribution in [0.5, 0.6) is 0 Å². The van der Waals surface area contributed by atoms with Gasteiger partial charge in [0, 0.05) is 31.3 Å². The predicted octanol–water partition coefficient (Wildman–Crippen LogP) is 4.45. The van der Waals surface area contributed by atoms with Gasteiger partial charge in [-0.15, -0.1) is 0 Å². The number of pyridine rings is 1.